The number of amides is 1. The van der Waals surface area contributed by atoms with Gasteiger partial charge in [-0.3, -0.25) is 9.48 Å². The van der Waals surface area contributed by atoms with Crippen LogP contribution in [-0.4, -0.2) is 40.2 Å². The van der Waals surface area contributed by atoms with Gasteiger partial charge >= 0.3 is 0 Å². The largest absolute Gasteiger partial charge is 0.394 e. The van der Waals surface area contributed by atoms with Crippen LogP contribution in [0.15, 0.2) is 0 Å². The molecule has 0 radical (unpaired) electrons. The van der Waals surface area contributed by atoms with Crippen LogP contribution < -0.4 is 11.1 Å². The zero-order chi connectivity index (χ0) is 13.4. The summed E-state index contributed by atoms with van der Waals surface area (Å²) in [6.45, 7) is 4.89. The number of nitrogen functional groups attached to an aromatic ring is 1. The molecule has 1 atom stereocenters. The Hall–Kier alpha value is -1.72. The first-order valence-electron chi connectivity index (χ1n) is 6.25. The Kier molecular flexibility index (Phi) is 3.19. The van der Waals surface area contributed by atoms with Gasteiger partial charge in [0.2, 0.25) is 5.91 Å². The van der Waals surface area contributed by atoms with Crippen LogP contribution in [0.4, 0.5) is 11.5 Å². The maximum absolute atomic E-state index is 11.9. The first-order valence-corrected chi connectivity index (χ1v) is 6.25. The SMILES string of the molecule is CC(C)c1nn(C)c(NC2CCN(C)C2=O)c1N. The van der Waals surface area contributed by atoms with Crippen molar-refractivity contribution in [2.24, 2.45) is 7.05 Å². The Morgan fingerprint density at radius 2 is 2.11 bits per heavy atom. The zero-order valence-electron chi connectivity index (χ0n) is 11.4. The lowest BCUT2D eigenvalue weighted by Gasteiger charge is -2.14. The van der Waals surface area contributed by atoms with Gasteiger partial charge in [0.05, 0.1) is 11.4 Å². The van der Waals surface area contributed by atoms with Crippen LogP contribution >= 0.6 is 0 Å². The number of aromatic nitrogens is 2. The lowest BCUT2D eigenvalue weighted by molar-refractivity contribution is -0.127. The molecule has 1 unspecified atom stereocenters. The van der Waals surface area contributed by atoms with Crippen molar-refractivity contribution in [3.8, 4) is 0 Å². The molecule has 1 aliphatic heterocycles. The van der Waals surface area contributed by atoms with E-state index in [1.165, 1.54) is 0 Å². The van der Waals surface area contributed by atoms with Gasteiger partial charge in [-0.15, -0.1) is 0 Å². The minimum Gasteiger partial charge on any atom is -0.394 e. The van der Waals surface area contributed by atoms with E-state index in [1.807, 2.05) is 14.1 Å². The van der Waals surface area contributed by atoms with E-state index in [2.05, 4.69) is 24.3 Å². The monoisotopic (exact) mass is 251 g/mol. The molecule has 0 spiro atoms. The number of hydrogen-bond acceptors (Lipinski definition) is 4. The third-order valence-corrected chi connectivity index (χ3v) is 3.40. The first kappa shape index (κ1) is 12.7. The fourth-order valence-corrected chi connectivity index (χ4v) is 2.28. The van der Waals surface area contributed by atoms with E-state index in [4.69, 9.17) is 5.73 Å². The van der Waals surface area contributed by atoms with Gasteiger partial charge in [-0.2, -0.15) is 5.10 Å². The van der Waals surface area contributed by atoms with Crippen LogP contribution in [-0.2, 0) is 11.8 Å². The summed E-state index contributed by atoms with van der Waals surface area (Å²) in [7, 11) is 3.66. The minimum absolute atomic E-state index is 0.113. The molecule has 6 nitrogen and oxygen atoms in total. The van der Waals surface area contributed by atoms with Gasteiger partial charge in [-0.05, 0) is 12.3 Å². The fraction of sp³-hybridized carbons (Fsp3) is 0.667. The highest BCUT2D eigenvalue weighted by Crippen LogP contribution is 2.29. The predicted molar refractivity (Wildman–Crippen MR) is 71.4 cm³/mol. The van der Waals surface area contributed by atoms with E-state index in [0.29, 0.717) is 5.69 Å². The molecule has 1 saturated heterocycles. The molecule has 18 heavy (non-hydrogen) atoms. The average molecular weight is 251 g/mol. The maximum atomic E-state index is 11.9. The first-order chi connectivity index (χ1) is 8.41. The van der Waals surface area contributed by atoms with E-state index in [0.717, 1.165) is 24.5 Å². The number of nitrogens with one attached hydrogen (secondary N) is 1. The standard InChI is InChI=1S/C12H21N5O/c1-7(2)10-9(13)11(17(4)15-10)14-8-5-6-16(3)12(8)18/h7-8,14H,5-6,13H2,1-4H3. The number of hydrogen-bond donors (Lipinski definition) is 2. The van der Waals surface area contributed by atoms with Gasteiger partial charge in [0, 0.05) is 20.6 Å². The molecule has 1 amide bonds. The van der Waals surface area contributed by atoms with Crippen molar-refractivity contribution in [3.63, 3.8) is 0 Å². The molecular formula is C12H21N5O. The smallest absolute Gasteiger partial charge is 0.244 e. The molecule has 0 bridgehead atoms. The lowest BCUT2D eigenvalue weighted by Crippen LogP contribution is -2.31. The van der Waals surface area contributed by atoms with Crippen molar-refractivity contribution in [3.05, 3.63) is 5.69 Å². The van der Waals surface area contributed by atoms with Crippen molar-refractivity contribution in [1.82, 2.24) is 14.7 Å². The molecular weight excluding hydrogens is 230 g/mol. The van der Waals surface area contributed by atoms with Crippen molar-refractivity contribution in [2.75, 3.05) is 24.6 Å². The number of aryl methyl sites for hydroxylation is 1. The number of carbonyl (C=O) groups excluding carboxylic acids is 1. The second kappa shape index (κ2) is 4.51. The molecule has 0 aliphatic carbocycles. The van der Waals surface area contributed by atoms with E-state index in [1.54, 1.807) is 9.58 Å². The van der Waals surface area contributed by atoms with Gasteiger partial charge in [0.1, 0.15) is 11.9 Å². The molecule has 1 aromatic heterocycles. The van der Waals surface area contributed by atoms with Crippen LogP contribution in [0, 0.1) is 0 Å². The highest BCUT2D eigenvalue weighted by molar-refractivity contribution is 5.87. The Bertz CT molecular complexity index is 465. The van der Waals surface area contributed by atoms with Crippen molar-refractivity contribution in [2.45, 2.75) is 32.2 Å². The zero-order valence-corrected chi connectivity index (χ0v) is 11.4. The summed E-state index contributed by atoms with van der Waals surface area (Å²) in [4.78, 5) is 13.6. The summed E-state index contributed by atoms with van der Waals surface area (Å²) in [5.74, 6) is 1.13. The molecule has 1 aliphatic rings. The van der Waals surface area contributed by atoms with Crippen molar-refractivity contribution >= 4 is 17.4 Å². The van der Waals surface area contributed by atoms with Crippen LogP contribution in [0.3, 0.4) is 0 Å². The van der Waals surface area contributed by atoms with Crippen LogP contribution in [0.5, 0.6) is 0 Å². The Morgan fingerprint density at radius 1 is 1.44 bits per heavy atom. The minimum atomic E-state index is -0.187. The molecule has 6 heteroatoms. The maximum Gasteiger partial charge on any atom is 0.244 e. The summed E-state index contributed by atoms with van der Waals surface area (Å²) >= 11 is 0. The fourth-order valence-electron chi connectivity index (χ4n) is 2.28. The Balaban J connectivity index is 2.22. The molecule has 3 N–H and O–H groups in total. The molecule has 1 aromatic rings. The van der Waals surface area contributed by atoms with Gasteiger partial charge in [0.25, 0.3) is 0 Å². The van der Waals surface area contributed by atoms with Gasteiger partial charge in [-0.25, -0.2) is 0 Å². The van der Waals surface area contributed by atoms with E-state index in [-0.39, 0.29) is 17.9 Å². The number of nitrogens with two attached hydrogens (primary N) is 1. The summed E-state index contributed by atoms with van der Waals surface area (Å²) in [5.41, 5.74) is 7.61. The summed E-state index contributed by atoms with van der Waals surface area (Å²) in [6.07, 6.45) is 0.803. The van der Waals surface area contributed by atoms with Crippen LogP contribution in [0.1, 0.15) is 31.9 Å². The lowest BCUT2D eigenvalue weighted by atomic mass is 10.1. The third-order valence-electron chi connectivity index (χ3n) is 3.40. The van der Waals surface area contributed by atoms with E-state index in [9.17, 15) is 4.79 Å². The highest BCUT2D eigenvalue weighted by Gasteiger charge is 2.30. The number of nitrogens with zero attached hydrogens (tertiary/aromatic N) is 3. The third kappa shape index (κ3) is 2.02. The van der Waals surface area contributed by atoms with Crippen LogP contribution in [0.2, 0.25) is 0 Å². The average Bonchev–Trinajstić information content (AvgIpc) is 2.76. The molecule has 1 fully saturated rings. The van der Waals surface area contributed by atoms with Gasteiger partial charge < -0.3 is 16.0 Å². The Morgan fingerprint density at radius 3 is 2.56 bits per heavy atom. The second-order valence-electron chi connectivity index (χ2n) is 5.17. The quantitative estimate of drug-likeness (QED) is 0.832. The number of carbonyl (C=O) groups is 1. The van der Waals surface area contributed by atoms with Gasteiger partial charge in [-0.1, -0.05) is 13.8 Å². The topological polar surface area (TPSA) is 76.2 Å². The molecule has 100 valence electrons. The van der Waals surface area contributed by atoms with E-state index < -0.39 is 0 Å². The predicted octanol–water partition coefficient (Wildman–Crippen LogP) is 0.768. The van der Waals surface area contributed by atoms with E-state index >= 15 is 0 Å². The molecule has 0 aromatic carbocycles. The number of rotatable bonds is 3. The molecule has 0 saturated carbocycles. The number of likely N-dealkylation sites (N-methyl/N-ethyl adjacent to an activating group) is 1. The summed E-state index contributed by atoms with van der Waals surface area (Å²) in [5, 5.41) is 7.62. The summed E-state index contributed by atoms with van der Waals surface area (Å²) in [6, 6.07) is -0.187. The normalized spacial score (nSPS) is 19.9. The number of likely N-dealkylation sites (tertiary alicyclic amines) is 1. The Labute approximate surface area is 107 Å². The highest BCUT2D eigenvalue weighted by atomic mass is 16.2. The van der Waals surface area contributed by atoms with Gasteiger partial charge in [0.15, 0.2) is 0 Å². The molecule has 2 rings (SSSR count). The number of anilines is 2. The molecule has 2 heterocycles. The second-order valence-corrected chi connectivity index (χ2v) is 5.17. The van der Waals surface area contributed by atoms with Crippen molar-refractivity contribution in [1.29, 1.82) is 0 Å². The van der Waals surface area contributed by atoms with Crippen LogP contribution in [0.25, 0.3) is 0 Å². The van der Waals surface area contributed by atoms with Crippen molar-refractivity contribution < 1.29 is 4.79 Å². The summed E-state index contributed by atoms with van der Waals surface area (Å²) < 4.78 is 1.72.